The molecule has 4 rings (SSSR count). The second-order valence-corrected chi connectivity index (χ2v) is 10.1. The number of piperazine rings is 1. The third-order valence-corrected chi connectivity index (χ3v) is 6.92. The highest BCUT2D eigenvalue weighted by Gasteiger charge is 2.22. The highest BCUT2D eigenvalue weighted by atomic mass is 35.5. The van der Waals surface area contributed by atoms with Gasteiger partial charge in [0.05, 0.1) is 10.7 Å². The first kappa shape index (κ1) is 25.8. The van der Waals surface area contributed by atoms with Gasteiger partial charge in [0.1, 0.15) is 11.3 Å². The molecule has 1 saturated heterocycles. The summed E-state index contributed by atoms with van der Waals surface area (Å²) in [6.07, 6.45) is 6.83. The van der Waals surface area contributed by atoms with Gasteiger partial charge in [0, 0.05) is 57.4 Å². The molecule has 2 aromatic heterocycles. The second kappa shape index (κ2) is 11.2. The van der Waals surface area contributed by atoms with Gasteiger partial charge in [0.15, 0.2) is 0 Å². The van der Waals surface area contributed by atoms with E-state index < -0.39 is 0 Å². The van der Waals surface area contributed by atoms with E-state index in [2.05, 4.69) is 72.0 Å². The number of rotatable bonds is 7. The lowest BCUT2D eigenvalue weighted by Gasteiger charge is -2.37. The molecule has 36 heavy (non-hydrogen) atoms. The van der Waals surface area contributed by atoms with Crippen molar-refractivity contribution in [3.8, 4) is 0 Å². The number of aryl methyl sites for hydroxylation is 1. The summed E-state index contributed by atoms with van der Waals surface area (Å²) in [5.74, 6) is -0.0571. The van der Waals surface area contributed by atoms with Gasteiger partial charge < -0.3 is 14.7 Å². The fourth-order valence-electron chi connectivity index (χ4n) is 4.59. The summed E-state index contributed by atoms with van der Waals surface area (Å²) in [5.41, 5.74) is 7.06. The molecule has 0 atom stereocenters. The summed E-state index contributed by atoms with van der Waals surface area (Å²) in [6.45, 7) is 13.0. The number of imidazole rings is 1. The van der Waals surface area contributed by atoms with E-state index in [9.17, 15) is 4.79 Å². The van der Waals surface area contributed by atoms with Gasteiger partial charge in [-0.3, -0.25) is 9.20 Å². The molecule has 3 aromatic rings. The van der Waals surface area contributed by atoms with Crippen LogP contribution in [0.4, 0.5) is 5.69 Å². The summed E-state index contributed by atoms with van der Waals surface area (Å²) < 4.78 is 1.80. The lowest BCUT2D eigenvalue weighted by Crippen LogP contribution is -2.45. The number of carbonyl (C=O) groups excluding carboxylic acids is 1. The molecule has 3 heterocycles. The molecule has 1 amide bonds. The molecular formula is C29H36ClN5O. The maximum atomic E-state index is 13.4. The van der Waals surface area contributed by atoms with Crippen molar-refractivity contribution < 1.29 is 4.79 Å². The highest BCUT2D eigenvalue weighted by molar-refractivity contribution is 6.30. The average Bonchev–Trinajstić information content (AvgIpc) is 3.25. The molecule has 0 unspecified atom stereocenters. The Bertz CT molecular complexity index is 1280. The molecule has 0 aliphatic carbocycles. The van der Waals surface area contributed by atoms with Gasteiger partial charge in [0.2, 0.25) is 0 Å². The van der Waals surface area contributed by atoms with Crippen LogP contribution in [-0.2, 0) is 13.0 Å². The monoisotopic (exact) mass is 505 g/mol. The first-order chi connectivity index (χ1) is 17.3. The van der Waals surface area contributed by atoms with Crippen molar-refractivity contribution in [1.29, 1.82) is 0 Å². The number of hydrogen-bond donors (Lipinski definition) is 0. The van der Waals surface area contributed by atoms with Crippen molar-refractivity contribution in [2.45, 2.75) is 40.7 Å². The van der Waals surface area contributed by atoms with Crippen LogP contribution < -0.4 is 4.90 Å². The van der Waals surface area contributed by atoms with Crippen LogP contribution in [0.2, 0.25) is 5.02 Å². The minimum Gasteiger partial charge on any atom is -0.371 e. The Hall–Kier alpha value is -3.25. The molecule has 0 spiro atoms. The number of hydrogen-bond acceptors (Lipinski definition) is 4. The Morgan fingerprint density at radius 3 is 2.36 bits per heavy atom. The Morgan fingerprint density at radius 2 is 1.72 bits per heavy atom. The molecule has 7 heteroatoms. The Kier molecular flexibility index (Phi) is 8.04. The molecule has 0 N–H and O–H groups in total. The fraction of sp³-hybridized carbons (Fsp3) is 0.379. The summed E-state index contributed by atoms with van der Waals surface area (Å²) in [6, 6.07) is 12.2. The van der Waals surface area contributed by atoms with Crippen LogP contribution in [0.3, 0.4) is 0 Å². The highest BCUT2D eigenvalue weighted by Crippen LogP contribution is 2.22. The zero-order chi connectivity index (χ0) is 25.8. The fourth-order valence-corrected chi connectivity index (χ4v) is 4.75. The molecule has 190 valence electrons. The Morgan fingerprint density at radius 1 is 1.03 bits per heavy atom. The molecule has 6 nitrogen and oxygen atoms in total. The predicted molar refractivity (Wildman–Crippen MR) is 149 cm³/mol. The van der Waals surface area contributed by atoms with Gasteiger partial charge in [-0.2, -0.15) is 0 Å². The standard InChI is InChI=1S/C29H36ClN5O/c1-6-26-28(35-20-24(30)11-14-27(35)31-26)29(36)32(5)19-23-9-12-25(13-10-23)34-17-15-33(16-18-34)22(4)8-7-21(2)3/h7-14,20H,6,15-19H2,1-5H3. The van der Waals surface area contributed by atoms with E-state index in [4.69, 9.17) is 11.6 Å². The number of aromatic nitrogens is 2. The van der Waals surface area contributed by atoms with Gasteiger partial charge >= 0.3 is 0 Å². The Labute approximate surface area is 219 Å². The number of amides is 1. The largest absolute Gasteiger partial charge is 0.371 e. The van der Waals surface area contributed by atoms with Crippen molar-refractivity contribution in [3.05, 3.63) is 88.0 Å². The van der Waals surface area contributed by atoms with Crippen molar-refractivity contribution in [2.75, 3.05) is 38.1 Å². The number of nitrogens with zero attached hydrogens (tertiary/aromatic N) is 5. The molecule has 1 aliphatic rings. The van der Waals surface area contributed by atoms with Gasteiger partial charge in [-0.25, -0.2) is 4.98 Å². The zero-order valence-electron chi connectivity index (χ0n) is 22.0. The van der Waals surface area contributed by atoms with Crippen LogP contribution in [0.5, 0.6) is 0 Å². The summed E-state index contributed by atoms with van der Waals surface area (Å²) in [5, 5.41) is 0.578. The lowest BCUT2D eigenvalue weighted by molar-refractivity contribution is 0.0777. The number of pyridine rings is 1. The number of allylic oxidation sites excluding steroid dienone is 4. The van der Waals surface area contributed by atoms with E-state index in [1.807, 2.05) is 20.0 Å². The van der Waals surface area contributed by atoms with Crippen molar-refractivity contribution >= 4 is 28.8 Å². The van der Waals surface area contributed by atoms with Crippen LogP contribution in [0, 0.1) is 0 Å². The molecule has 1 fully saturated rings. The summed E-state index contributed by atoms with van der Waals surface area (Å²) >= 11 is 6.20. The van der Waals surface area contributed by atoms with E-state index in [0.717, 1.165) is 43.1 Å². The zero-order valence-corrected chi connectivity index (χ0v) is 22.7. The van der Waals surface area contributed by atoms with Crippen LogP contribution in [0.15, 0.2) is 66.0 Å². The van der Waals surface area contributed by atoms with Crippen LogP contribution in [0.25, 0.3) is 5.65 Å². The maximum Gasteiger partial charge on any atom is 0.272 e. The van der Waals surface area contributed by atoms with Crippen molar-refractivity contribution in [2.24, 2.45) is 0 Å². The Balaban J connectivity index is 1.40. The van der Waals surface area contributed by atoms with E-state index in [1.54, 1.807) is 21.6 Å². The molecule has 0 bridgehead atoms. The number of carbonyl (C=O) groups is 1. The molecule has 0 saturated carbocycles. The molecule has 0 radical (unpaired) electrons. The number of benzene rings is 1. The number of halogens is 1. The summed E-state index contributed by atoms with van der Waals surface area (Å²) in [4.78, 5) is 24.6. The lowest BCUT2D eigenvalue weighted by atomic mass is 10.1. The van der Waals surface area contributed by atoms with Crippen LogP contribution in [0.1, 0.15) is 49.4 Å². The van der Waals surface area contributed by atoms with E-state index >= 15 is 0 Å². The average molecular weight is 506 g/mol. The first-order valence-electron chi connectivity index (χ1n) is 12.6. The summed E-state index contributed by atoms with van der Waals surface area (Å²) in [7, 11) is 1.84. The number of anilines is 1. The third kappa shape index (κ3) is 5.76. The van der Waals surface area contributed by atoms with Crippen LogP contribution in [-0.4, -0.2) is 58.3 Å². The molecule has 1 aliphatic heterocycles. The topological polar surface area (TPSA) is 44.1 Å². The van der Waals surface area contributed by atoms with Gasteiger partial charge in [-0.1, -0.05) is 42.3 Å². The molecular weight excluding hydrogens is 470 g/mol. The normalized spacial score (nSPS) is 14.3. The van der Waals surface area contributed by atoms with Crippen molar-refractivity contribution in [1.82, 2.24) is 19.2 Å². The minimum atomic E-state index is -0.0571. The van der Waals surface area contributed by atoms with Crippen molar-refractivity contribution in [3.63, 3.8) is 0 Å². The quantitative estimate of drug-likeness (QED) is 0.380. The smallest absolute Gasteiger partial charge is 0.272 e. The molecule has 1 aromatic carbocycles. The van der Waals surface area contributed by atoms with E-state index in [-0.39, 0.29) is 5.91 Å². The van der Waals surface area contributed by atoms with E-state index in [1.165, 1.54) is 17.0 Å². The third-order valence-electron chi connectivity index (χ3n) is 6.70. The van der Waals surface area contributed by atoms with Gasteiger partial charge in [0.25, 0.3) is 5.91 Å². The maximum absolute atomic E-state index is 13.4. The van der Waals surface area contributed by atoms with E-state index in [0.29, 0.717) is 23.7 Å². The minimum absolute atomic E-state index is 0.0571. The first-order valence-corrected chi connectivity index (χ1v) is 13.0. The SMILES string of the molecule is CCc1nc2ccc(Cl)cn2c1C(=O)N(C)Cc1ccc(N2CCN(C(C)=CC=C(C)C)CC2)cc1. The predicted octanol–water partition coefficient (Wildman–Crippen LogP) is 5.81. The van der Waals surface area contributed by atoms with Crippen LogP contribution >= 0.6 is 11.6 Å². The van der Waals surface area contributed by atoms with Gasteiger partial charge in [-0.15, -0.1) is 0 Å². The van der Waals surface area contributed by atoms with Gasteiger partial charge in [-0.05, 0) is 63.1 Å². The number of fused-ring (bicyclic) bond motifs is 1. The second-order valence-electron chi connectivity index (χ2n) is 9.69.